The first-order valence-electron chi connectivity index (χ1n) is 12.9. The molecule has 0 spiro atoms. The predicted molar refractivity (Wildman–Crippen MR) is 152 cm³/mol. The number of aromatic nitrogens is 2. The lowest BCUT2D eigenvalue weighted by Gasteiger charge is -2.29. The fourth-order valence-corrected chi connectivity index (χ4v) is 5.27. The van der Waals surface area contributed by atoms with Crippen molar-refractivity contribution in [3.8, 4) is 22.9 Å². The number of nitrogens with zero attached hydrogens (tertiary/aromatic N) is 2. The molecule has 0 bridgehead atoms. The first-order valence-corrected chi connectivity index (χ1v) is 14.4. The highest BCUT2D eigenvalue weighted by molar-refractivity contribution is 7.90. The van der Waals surface area contributed by atoms with E-state index >= 15 is 0 Å². The number of halogens is 1. The van der Waals surface area contributed by atoms with Crippen molar-refractivity contribution in [3.05, 3.63) is 59.9 Å². The van der Waals surface area contributed by atoms with E-state index in [0.29, 0.717) is 23.6 Å². The second-order valence-corrected chi connectivity index (χ2v) is 11.8. The van der Waals surface area contributed by atoms with Gasteiger partial charge in [-0.05, 0) is 67.5 Å². The number of ether oxygens (including phenoxy) is 2. The molecular formula is C28H39FN4O5S. The zero-order valence-electron chi connectivity index (χ0n) is 22.2. The average molecular weight is 563 g/mol. The summed E-state index contributed by atoms with van der Waals surface area (Å²) in [6, 6.07) is 11.3. The van der Waals surface area contributed by atoms with Crippen molar-refractivity contribution >= 4 is 21.7 Å². The number of hydrogen-bond donors (Lipinski definition) is 2. The van der Waals surface area contributed by atoms with E-state index in [9.17, 15) is 17.6 Å². The summed E-state index contributed by atoms with van der Waals surface area (Å²) >= 11 is 0. The molecule has 1 aromatic carbocycles. The zero-order chi connectivity index (χ0) is 28.2. The molecule has 0 saturated heterocycles. The van der Waals surface area contributed by atoms with E-state index in [0.717, 1.165) is 25.7 Å². The number of amides is 1. The van der Waals surface area contributed by atoms with E-state index in [2.05, 4.69) is 16.9 Å². The molecule has 1 fully saturated rings. The molecule has 1 aliphatic carbocycles. The minimum Gasteiger partial charge on any atom is -0.493 e. The number of nitrogens with two attached hydrogens (primary N) is 1. The molecule has 11 heteroatoms. The molecule has 0 aliphatic heterocycles. The molecule has 1 saturated carbocycles. The molecule has 4 rings (SSSR count). The van der Waals surface area contributed by atoms with Crippen LogP contribution in [-0.2, 0) is 10.0 Å². The van der Waals surface area contributed by atoms with Gasteiger partial charge in [0.05, 0.1) is 12.3 Å². The fraction of sp³-hybridized carbons (Fsp3) is 0.393. The lowest BCUT2D eigenvalue weighted by molar-refractivity contribution is 0.0897. The third-order valence-corrected chi connectivity index (χ3v) is 7.63. The van der Waals surface area contributed by atoms with E-state index in [1.165, 1.54) is 42.5 Å². The van der Waals surface area contributed by atoms with Crippen LogP contribution in [0.4, 0.5) is 10.2 Å². The minimum atomic E-state index is -4.32. The number of carbonyl (C=O) groups is 1. The lowest BCUT2D eigenvalue weighted by atomic mass is 9.88. The van der Waals surface area contributed by atoms with Crippen molar-refractivity contribution in [3.63, 3.8) is 0 Å². The maximum absolute atomic E-state index is 14.5. The van der Waals surface area contributed by atoms with Crippen LogP contribution in [0.15, 0.2) is 53.6 Å². The summed E-state index contributed by atoms with van der Waals surface area (Å²) in [5, 5.41) is -0.391. The molecule has 9 nitrogen and oxygen atoms in total. The number of carbonyl (C=O) groups excluding carboxylic acids is 1. The van der Waals surface area contributed by atoms with Gasteiger partial charge in [-0.1, -0.05) is 33.3 Å². The van der Waals surface area contributed by atoms with Crippen LogP contribution < -0.4 is 19.9 Å². The Balaban J connectivity index is 0.00000294. The second kappa shape index (κ2) is 12.0. The van der Waals surface area contributed by atoms with Crippen LogP contribution in [0.1, 0.15) is 61.1 Å². The van der Waals surface area contributed by atoms with Crippen molar-refractivity contribution < 1.29 is 31.4 Å². The molecule has 3 N–H and O–H groups in total. The average Bonchev–Trinajstić information content (AvgIpc) is 2.88. The number of sulfonamides is 1. The highest BCUT2D eigenvalue weighted by atomic mass is 32.2. The number of rotatable bonds is 9. The van der Waals surface area contributed by atoms with Crippen LogP contribution in [-0.4, -0.2) is 37.0 Å². The van der Waals surface area contributed by atoms with Crippen molar-refractivity contribution in [1.29, 1.82) is 0 Å². The highest BCUT2D eigenvalue weighted by Crippen LogP contribution is 2.32. The molecular weight excluding hydrogens is 523 g/mol. The van der Waals surface area contributed by atoms with Crippen LogP contribution in [0, 0.1) is 17.7 Å². The van der Waals surface area contributed by atoms with Crippen LogP contribution in [0.25, 0.3) is 11.3 Å². The smallest absolute Gasteiger partial charge is 0.281 e. The number of pyridine rings is 2. The van der Waals surface area contributed by atoms with Gasteiger partial charge in [-0.3, -0.25) is 4.79 Å². The van der Waals surface area contributed by atoms with Crippen molar-refractivity contribution in [2.24, 2.45) is 11.8 Å². The van der Waals surface area contributed by atoms with Crippen molar-refractivity contribution in [1.82, 2.24) is 14.7 Å². The fourth-order valence-electron chi connectivity index (χ4n) is 4.33. The Morgan fingerprint density at radius 2 is 1.92 bits per heavy atom. The van der Waals surface area contributed by atoms with Gasteiger partial charge in [0.2, 0.25) is 5.88 Å². The SMILES string of the molecule is CC(C)COc1cc(F)cc(-c2ccc(C(=O)NS(=O)(=O)c3cccc(N)n3)c(OC3CCCCC3C)n2)c1.[HH].[HH].[HH]. The monoisotopic (exact) mass is 562 g/mol. The third-order valence-electron chi connectivity index (χ3n) is 6.40. The molecule has 2 atom stereocenters. The van der Waals surface area contributed by atoms with E-state index in [1.807, 2.05) is 18.6 Å². The Morgan fingerprint density at radius 1 is 1.15 bits per heavy atom. The van der Waals surface area contributed by atoms with Crippen LogP contribution >= 0.6 is 0 Å². The second-order valence-electron chi connectivity index (χ2n) is 10.2. The van der Waals surface area contributed by atoms with E-state index < -0.39 is 26.8 Å². The topological polar surface area (TPSA) is 134 Å². The molecule has 1 aliphatic rings. The number of benzene rings is 1. The standard InChI is InChI=1S/C28H33FN4O5S.3H2/c1-17(2)16-37-21-14-19(13-20(29)15-21)23-12-11-22(28(31-23)38-24-8-5-4-7-18(24)3)27(34)33-39(35,36)26-10-6-9-25(30)32-26;;;/h6,9-15,17-18,24H,4-5,7-8,16H2,1-3H3,(H2,30,32)(H,33,34);3*1H. The van der Waals surface area contributed by atoms with Crippen LogP contribution in [0.3, 0.4) is 0 Å². The largest absolute Gasteiger partial charge is 0.493 e. The molecule has 214 valence electrons. The summed E-state index contributed by atoms with van der Waals surface area (Å²) in [5.41, 5.74) is 6.31. The van der Waals surface area contributed by atoms with Gasteiger partial charge in [-0.15, -0.1) is 0 Å². The summed E-state index contributed by atoms with van der Waals surface area (Å²) in [4.78, 5) is 21.6. The van der Waals surface area contributed by atoms with Gasteiger partial charge < -0.3 is 15.2 Å². The maximum atomic E-state index is 14.5. The Bertz CT molecular complexity index is 1460. The molecule has 2 heterocycles. The molecule has 0 radical (unpaired) electrons. The van der Waals surface area contributed by atoms with Crippen LogP contribution in [0.5, 0.6) is 11.6 Å². The first kappa shape index (κ1) is 28.3. The van der Waals surface area contributed by atoms with E-state index in [4.69, 9.17) is 15.2 Å². The number of anilines is 1. The highest BCUT2D eigenvalue weighted by Gasteiger charge is 2.28. The minimum absolute atomic E-state index is 0. The number of hydrogen-bond acceptors (Lipinski definition) is 8. The summed E-state index contributed by atoms with van der Waals surface area (Å²) < 4.78 is 54.1. The summed E-state index contributed by atoms with van der Waals surface area (Å²) in [6.45, 7) is 6.46. The normalized spacial score (nSPS) is 17.6. The summed E-state index contributed by atoms with van der Waals surface area (Å²) in [7, 11) is -4.32. The first-order chi connectivity index (χ1) is 18.5. The Hall–Kier alpha value is -3.73. The van der Waals surface area contributed by atoms with Gasteiger partial charge in [-0.25, -0.2) is 19.1 Å². The van der Waals surface area contributed by atoms with Gasteiger partial charge >= 0.3 is 0 Å². The van der Waals surface area contributed by atoms with Gasteiger partial charge in [0.25, 0.3) is 15.9 Å². The summed E-state index contributed by atoms with van der Waals surface area (Å²) in [6.07, 6.45) is 3.56. The molecule has 1 amide bonds. The van der Waals surface area contributed by atoms with Gasteiger partial charge in [0.1, 0.15) is 29.1 Å². The van der Waals surface area contributed by atoms with Gasteiger partial charge in [0, 0.05) is 15.9 Å². The van der Waals surface area contributed by atoms with E-state index in [-0.39, 0.29) is 39.5 Å². The van der Waals surface area contributed by atoms with E-state index in [1.54, 1.807) is 6.07 Å². The Morgan fingerprint density at radius 3 is 2.64 bits per heavy atom. The molecule has 2 aromatic heterocycles. The van der Waals surface area contributed by atoms with Crippen molar-refractivity contribution in [2.75, 3.05) is 12.3 Å². The van der Waals surface area contributed by atoms with Gasteiger partial charge in [-0.2, -0.15) is 8.42 Å². The van der Waals surface area contributed by atoms with Gasteiger partial charge in [0.15, 0.2) is 5.03 Å². The number of nitrogens with one attached hydrogen (secondary N) is 1. The molecule has 39 heavy (non-hydrogen) atoms. The zero-order valence-corrected chi connectivity index (χ0v) is 23.0. The maximum Gasteiger partial charge on any atom is 0.281 e. The Kier molecular flexibility index (Phi) is 8.69. The summed E-state index contributed by atoms with van der Waals surface area (Å²) in [5.74, 6) is -0.649. The molecule has 2 unspecified atom stereocenters. The van der Waals surface area contributed by atoms with Crippen LogP contribution in [0.2, 0.25) is 0 Å². The number of nitrogen functional groups attached to an aromatic ring is 1. The Labute approximate surface area is 232 Å². The van der Waals surface area contributed by atoms with Crippen molar-refractivity contribution in [2.45, 2.75) is 57.6 Å². The molecule has 3 aromatic rings. The third kappa shape index (κ3) is 7.23. The quantitative estimate of drug-likeness (QED) is 0.339. The predicted octanol–water partition coefficient (Wildman–Crippen LogP) is 5.71. The lowest BCUT2D eigenvalue weighted by Crippen LogP contribution is -2.33.